The first-order valence-corrected chi connectivity index (χ1v) is 6.79. The summed E-state index contributed by atoms with van der Waals surface area (Å²) < 4.78 is 13.6. The van der Waals surface area contributed by atoms with Crippen molar-refractivity contribution in [3.05, 3.63) is 75.6 Å². The maximum absolute atomic E-state index is 13.6. The van der Waals surface area contributed by atoms with Crippen LogP contribution in [0.1, 0.15) is 18.1 Å². The van der Waals surface area contributed by atoms with Crippen LogP contribution in [0.15, 0.2) is 48.5 Å². The summed E-state index contributed by atoms with van der Waals surface area (Å²) in [4.78, 5) is 12.0. The van der Waals surface area contributed by atoms with Gasteiger partial charge in [0.2, 0.25) is 5.82 Å². The molecule has 0 saturated heterocycles. The largest absolute Gasteiger partial charge is 0.304 e. The van der Waals surface area contributed by atoms with E-state index in [1.54, 1.807) is 6.07 Å². The van der Waals surface area contributed by atoms with Crippen molar-refractivity contribution in [1.29, 1.82) is 0 Å². The molecule has 0 aliphatic rings. The molecule has 0 N–H and O–H groups in total. The highest BCUT2D eigenvalue weighted by atomic mass is 19.1. The van der Waals surface area contributed by atoms with Crippen LogP contribution in [-0.4, -0.2) is 16.4 Å². The van der Waals surface area contributed by atoms with Gasteiger partial charge in [-0.15, -0.1) is 0 Å². The molecule has 0 aromatic heterocycles. The van der Waals surface area contributed by atoms with Crippen molar-refractivity contribution in [2.24, 2.45) is 0 Å². The maximum atomic E-state index is 13.6. The Hall–Kier alpha value is -2.27. The molecule has 21 heavy (non-hydrogen) atoms. The first kappa shape index (κ1) is 15.1. The van der Waals surface area contributed by atoms with Gasteiger partial charge in [0.25, 0.3) is 0 Å². The zero-order valence-corrected chi connectivity index (χ0v) is 11.8. The third-order valence-corrected chi connectivity index (χ3v) is 3.31. The van der Waals surface area contributed by atoms with Gasteiger partial charge in [-0.1, -0.05) is 43.3 Å². The second-order valence-electron chi connectivity index (χ2n) is 4.83. The van der Waals surface area contributed by atoms with Crippen LogP contribution in [0.5, 0.6) is 0 Å². The molecule has 5 heteroatoms. The summed E-state index contributed by atoms with van der Waals surface area (Å²) in [6, 6.07) is 14.1. The van der Waals surface area contributed by atoms with Gasteiger partial charge in [0, 0.05) is 19.2 Å². The second kappa shape index (κ2) is 6.95. The summed E-state index contributed by atoms with van der Waals surface area (Å²) in [6.45, 7) is 4.16. The lowest BCUT2D eigenvalue weighted by atomic mass is 10.1. The number of hydrogen-bond donors (Lipinski definition) is 0. The van der Waals surface area contributed by atoms with Gasteiger partial charge in [-0.25, -0.2) is 0 Å². The predicted molar refractivity (Wildman–Crippen MR) is 79.3 cm³/mol. The van der Waals surface area contributed by atoms with Crippen LogP contribution in [0.2, 0.25) is 0 Å². The molecule has 2 aromatic rings. The van der Waals surface area contributed by atoms with Gasteiger partial charge in [-0.2, -0.15) is 4.39 Å². The first-order valence-electron chi connectivity index (χ1n) is 6.79. The molecule has 0 bridgehead atoms. The van der Waals surface area contributed by atoms with Crippen LogP contribution in [0.3, 0.4) is 0 Å². The third-order valence-electron chi connectivity index (χ3n) is 3.31. The van der Waals surface area contributed by atoms with E-state index in [2.05, 4.69) is 4.90 Å². The molecule has 0 fully saturated rings. The Bertz CT molecular complexity index is 617. The number of nitro benzene ring substituents is 1. The third kappa shape index (κ3) is 4.10. The molecule has 0 heterocycles. The van der Waals surface area contributed by atoms with Crippen molar-refractivity contribution in [2.75, 3.05) is 6.54 Å². The summed E-state index contributed by atoms with van der Waals surface area (Å²) in [5.74, 6) is -0.784. The average molecular weight is 288 g/mol. The van der Waals surface area contributed by atoms with Gasteiger partial charge in [0.05, 0.1) is 4.92 Å². The minimum atomic E-state index is -0.784. The normalized spacial score (nSPS) is 10.8. The van der Waals surface area contributed by atoms with Crippen molar-refractivity contribution < 1.29 is 9.31 Å². The van der Waals surface area contributed by atoms with Crippen LogP contribution < -0.4 is 0 Å². The molecule has 0 amide bonds. The lowest BCUT2D eigenvalue weighted by molar-refractivity contribution is -0.387. The molecular formula is C16H17FN2O2. The molecule has 0 atom stereocenters. The van der Waals surface area contributed by atoms with E-state index in [0.29, 0.717) is 6.54 Å². The van der Waals surface area contributed by atoms with Gasteiger partial charge in [0.1, 0.15) is 0 Å². The Morgan fingerprint density at radius 2 is 1.76 bits per heavy atom. The molecule has 0 aliphatic heterocycles. The van der Waals surface area contributed by atoms with Gasteiger partial charge in [-0.3, -0.25) is 15.0 Å². The zero-order valence-electron chi connectivity index (χ0n) is 11.8. The summed E-state index contributed by atoms with van der Waals surface area (Å²) in [5, 5.41) is 10.6. The van der Waals surface area contributed by atoms with Crippen molar-refractivity contribution in [3.63, 3.8) is 0 Å². The quantitative estimate of drug-likeness (QED) is 0.600. The number of halogens is 1. The van der Waals surface area contributed by atoms with Gasteiger partial charge in [-0.05, 0) is 23.7 Å². The van der Waals surface area contributed by atoms with E-state index in [9.17, 15) is 14.5 Å². The van der Waals surface area contributed by atoms with Crippen LogP contribution in [-0.2, 0) is 13.1 Å². The minimum Gasteiger partial charge on any atom is -0.295 e. The standard InChI is InChI=1S/C16H17FN2O2/c1-2-18(11-13-6-4-3-5-7-13)12-14-8-9-16(19(20)21)15(17)10-14/h3-10H,2,11-12H2,1H3. The van der Waals surface area contributed by atoms with Crippen molar-refractivity contribution in [1.82, 2.24) is 4.90 Å². The minimum absolute atomic E-state index is 0.482. The Kier molecular flexibility index (Phi) is 5.00. The van der Waals surface area contributed by atoms with E-state index in [1.165, 1.54) is 17.7 Å². The molecule has 2 aromatic carbocycles. The SMILES string of the molecule is CCN(Cc1ccccc1)Cc1ccc([N+](=O)[O-])c(F)c1. The van der Waals surface area contributed by atoms with E-state index in [-0.39, 0.29) is 0 Å². The zero-order chi connectivity index (χ0) is 15.2. The molecule has 0 unspecified atom stereocenters. The molecule has 0 spiro atoms. The summed E-state index contributed by atoms with van der Waals surface area (Å²) in [5.41, 5.74) is 1.43. The van der Waals surface area contributed by atoms with Crippen LogP contribution in [0, 0.1) is 15.9 Å². The molecule has 110 valence electrons. The molecule has 0 aliphatic carbocycles. The molecule has 2 rings (SSSR count). The van der Waals surface area contributed by atoms with E-state index >= 15 is 0 Å². The van der Waals surface area contributed by atoms with Crippen LogP contribution in [0.4, 0.5) is 10.1 Å². The Balaban J connectivity index is 2.08. The lowest BCUT2D eigenvalue weighted by Crippen LogP contribution is -2.22. The highest BCUT2D eigenvalue weighted by Gasteiger charge is 2.14. The molecule has 4 nitrogen and oxygen atoms in total. The Labute approximate surface area is 123 Å². The van der Waals surface area contributed by atoms with Gasteiger partial charge < -0.3 is 0 Å². The van der Waals surface area contributed by atoms with Crippen molar-refractivity contribution >= 4 is 5.69 Å². The van der Waals surface area contributed by atoms with Crippen LogP contribution >= 0.6 is 0 Å². The first-order chi connectivity index (χ1) is 10.1. The smallest absolute Gasteiger partial charge is 0.295 e. The number of nitrogens with zero attached hydrogens (tertiary/aromatic N) is 2. The summed E-state index contributed by atoms with van der Waals surface area (Å²) >= 11 is 0. The molecule has 0 radical (unpaired) electrons. The van der Waals surface area contributed by atoms with Crippen molar-refractivity contribution in [3.8, 4) is 0 Å². The van der Waals surface area contributed by atoms with E-state index in [1.807, 2.05) is 37.3 Å². The maximum Gasteiger partial charge on any atom is 0.304 e. The fourth-order valence-electron chi connectivity index (χ4n) is 2.18. The number of hydrogen-bond acceptors (Lipinski definition) is 3. The fraction of sp³-hybridized carbons (Fsp3) is 0.250. The fourth-order valence-corrected chi connectivity index (χ4v) is 2.18. The van der Waals surface area contributed by atoms with E-state index in [4.69, 9.17) is 0 Å². The predicted octanol–water partition coefficient (Wildman–Crippen LogP) is 3.76. The Morgan fingerprint density at radius 3 is 2.33 bits per heavy atom. The Morgan fingerprint density at radius 1 is 1.10 bits per heavy atom. The van der Waals surface area contributed by atoms with Gasteiger partial charge >= 0.3 is 5.69 Å². The highest BCUT2D eigenvalue weighted by molar-refractivity contribution is 5.35. The van der Waals surface area contributed by atoms with Crippen molar-refractivity contribution in [2.45, 2.75) is 20.0 Å². The monoisotopic (exact) mass is 288 g/mol. The van der Waals surface area contributed by atoms with Crippen LogP contribution in [0.25, 0.3) is 0 Å². The van der Waals surface area contributed by atoms with Gasteiger partial charge in [0.15, 0.2) is 0 Å². The van der Waals surface area contributed by atoms with E-state index < -0.39 is 16.4 Å². The molecular weight excluding hydrogens is 271 g/mol. The highest BCUT2D eigenvalue weighted by Crippen LogP contribution is 2.19. The lowest BCUT2D eigenvalue weighted by Gasteiger charge is -2.20. The molecule has 0 saturated carbocycles. The average Bonchev–Trinajstić information content (AvgIpc) is 2.47. The second-order valence-corrected chi connectivity index (χ2v) is 4.83. The number of rotatable bonds is 6. The van der Waals surface area contributed by atoms with E-state index in [0.717, 1.165) is 18.7 Å². The number of benzene rings is 2. The topological polar surface area (TPSA) is 46.4 Å². The summed E-state index contributed by atoms with van der Waals surface area (Å²) in [6.07, 6.45) is 0. The number of nitro groups is 1. The summed E-state index contributed by atoms with van der Waals surface area (Å²) in [7, 11) is 0.